The van der Waals surface area contributed by atoms with Crippen LogP contribution >= 0.6 is 0 Å². The number of carbonyl (C=O) groups is 2. The molecular weight excluding hydrogens is 314 g/mol. The summed E-state index contributed by atoms with van der Waals surface area (Å²) in [6, 6.07) is 6.91. The van der Waals surface area contributed by atoms with Gasteiger partial charge in [-0.2, -0.15) is 0 Å². The van der Waals surface area contributed by atoms with E-state index in [9.17, 15) is 9.59 Å². The second-order valence-corrected chi connectivity index (χ2v) is 7.36. The molecule has 138 valence electrons. The van der Waals surface area contributed by atoms with Gasteiger partial charge in [0.2, 0.25) is 5.91 Å². The van der Waals surface area contributed by atoms with Crippen molar-refractivity contribution in [2.75, 3.05) is 38.0 Å². The van der Waals surface area contributed by atoms with Crippen LogP contribution in [-0.4, -0.2) is 60.3 Å². The maximum Gasteiger partial charge on any atom is 0.241 e. The summed E-state index contributed by atoms with van der Waals surface area (Å²) in [5.41, 5.74) is 1.39. The Morgan fingerprint density at radius 1 is 1.04 bits per heavy atom. The third-order valence-corrected chi connectivity index (χ3v) is 4.92. The first-order valence-corrected chi connectivity index (χ1v) is 9.25. The number of anilines is 1. The summed E-state index contributed by atoms with van der Waals surface area (Å²) >= 11 is 0. The third kappa shape index (κ3) is 5.94. The van der Waals surface area contributed by atoms with Gasteiger partial charge in [-0.1, -0.05) is 13.8 Å². The van der Waals surface area contributed by atoms with E-state index in [0.29, 0.717) is 5.56 Å². The molecule has 1 saturated heterocycles. The van der Waals surface area contributed by atoms with Crippen molar-refractivity contribution in [3.05, 3.63) is 29.8 Å². The number of rotatable bonds is 7. The smallest absolute Gasteiger partial charge is 0.241 e. The molecule has 1 atom stereocenters. The van der Waals surface area contributed by atoms with Crippen LogP contribution in [0.5, 0.6) is 0 Å². The van der Waals surface area contributed by atoms with Crippen molar-refractivity contribution >= 4 is 17.4 Å². The highest BCUT2D eigenvalue weighted by Crippen LogP contribution is 2.13. The average molecular weight is 345 g/mol. The lowest BCUT2D eigenvalue weighted by Gasteiger charge is -2.37. The number of nitrogens with zero attached hydrogens (tertiary/aromatic N) is 2. The third-order valence-electron chi connectivity index (χ3n) is 4.92. The monoisotopic (exact) mass is 345 g/mol. The summed E-state index contributed by atoms with van der Waals surface area (Å²) < 4.78 is 0. The number of hydrogen-bond donors (Lipinski definition) is 1. The summed E-state index contributed by atoms with van der Waals surface area (Å²) in [7, 11) is 0. The maximum absolute atomic E-state index is 12.5. The van der Waals surface area contributed by atoms with Crippen LogP contribution in [0, 0.1) is 5.92 Å². The summed E-state index contributed by atoms with van der Waals surface area (Å²) in [6.07, 6.45) is 1.23. The van der Waals surface area contributed by atoms with Crippen molar-refractivity contribution in [3.8, 4) is 0 Å². The van der Waals surface area contributed by atoms with Crippen molar-refractivity contribution in [3.63, 3.8) is 0 Å². The Morgan fingerprint density at radius 3 is 2.16 bits per heavy atom. The second kappa shape index (κ2) is 9.11. The first kappa shape index (κ1) is 19.6. The molecule has 0 saturated carbocycles. The van der Waals surface area contributed by atoms with Gasteiger partial charge in [0.05, 0.1) is 6.04 Å². The van der Waals surface area contributed by atoms with Gasteiger partial charge in [-0.05, 0) is 57.0 Å². The van der Waals surface area contributed by atoms with Gasteiger partial charge < -0.3 is 10.2 Å². The zero-order valence-corrected chi connectivity index (χ0v) is 15.9. The highest BCUT2D eigenvalue weighted by molar-refractivity contribution is 5.96. The minimum Gasteiger partial charge on any atom is -0.325 e. The highest BCUT2D eigenvalue weighted by Gasteiger charge is 2.25. The van der Waals surface area contributed by atoms with Crippen molar-refractivity contribution in [1.29, 1.82) is 0 Å². The molecule has 1 aromatic rings. The van der Waals surface area contributed by atoms with E-state index in [4.69, 9.17) is 0 Å². The van der Waals surface area contributed by atoms with Gasteiger partial charge >= 0.3 is 0 Å². The second-order valence-electron chi connectivity index (χ2n) is 7.36. The molecule has 2 rings (SSSR count). The summed E-state index contributed by atoms with van der Waals surface area (Å²) in [5, 5.41) is 2.95. The molecule has 1 heterocycles. The number of nitrogens with one attached hydrogen (secondary N) is 1. The van der Waals surface area contributed by atoms with Gasteiger partial charge in [-0.15, -0.1) is 0 Å². The number of piperazine rings is 1. The molecule has 1 N–H and O–H groups in total. The van der Waals surface area contributed by atoms with Crippen LogP contribution in [-0.2, 0) is 4.79 Å². The molecule has 1 unspecified atom stereocenters. The van der Waals surface area contributed by atoms with E-state index in [1.807, 2.05) is 6.92 Å². The minimum atomic E-state index is -0.153. The quantitative estimate of drug-likeness (QED) is 0.772. The summed E-state index contributed by atoms with van der Waals surface area (Å²) in [5.74, 6) is 0.768. The van der Waals surface area contributed by atoms with Crippen LogP contribution in [0.4, 0.5) is 5.69 Å². The lowest BCUT2D eigenvalue weighted by Crippen LogP contribution is -2.52. The lowest BCUT2D eigenvalue weighted by atomic mass is 10.1. The normalized spacial score (nSPS) is 17.5. The highest BCUT2D eigenvalue weighted by atomic mass is 16.2. The number of ketones is 1. The Balaban J connectivity index is 1.81. The van der Waals surface area contributed by atoms with Crippen molar-refractivity contribution in [2.45, 2.75) is 40.2 Å². The Bertz CT molecular complexity index is 575. The number of Topliss-reactive ketones (excluding diaryl/α,β-unsaturated/α-hetero) is 1. The molecular formula is C20H31N3O2. The van der Waals surface area contributed by atoms with Gasteiger partial charge in [0.1, 0.15) is 0 Å². The number of benzene rings is 1. The molecule has 0 spiro atoms. The molecule has 0 aliphatic carbocycles. The van der Waals surface area contributed by atoms with Crippen LogP contribution in [0.1, 0.15) is 44.5 Å². The molecule has 1 aromatic carbocycles. The number of hydrogen-bond acceptors (Lipinski definition) is 4. The molecule has 0 aromatic heterocycles. The number of carbonyl (C=O) groups excluding carboxylic acids is 2. The van der Waals surface area contributed by atoms with E-state index in [1.54, 1.807) is 24.3 Å². The minimum absolute atomic E-state index is 0.00575. The number of amides is 1. The van der Waals surface area contributed by atoms with Gasteiger partial charge in [0.25, 0.3) is 0 Å². The van der Waals surface area contributed by atoms with Gasteiger partial charge in [-0.25, -0.2) is 0 Å². The van der Waals surface area contributed by atoms with Gasteiger partial charge in [0.15, 0.2) is 5.78 Å². The van der Waals surface area contributed by atoms with Gasteiger partial charge in [0, 0.05) is 37.4 Å². The van der Waals surface area contributed by atoms with Crippen molar-refractivity contribution in [1.82, 2.24) is 9.80 Å². The Morgan fingerprint density at radius 2 is 1.64 bits per heavy atom. The Labute approximate surface area is 151 Å². The molecule has 0 bridgehead atoms. The first-order valence-electron chi connectivity index (χ1n) is 9.25. The van der Waals surface area contributed by atoms with E-state index in [2.05, 4.69) is 29.0 Å². The largest absolute Gasteiger partial charge is 0.325 e. The fraction of sp³-hybridized carbons (Fsp3) is 0.600. The van der Waals surface area contributed by atoms with E-state index < -0.39 is 0 Å². The summed E-state index contributed by atoms with van der Waals surface area (Å²) in [6.45, 7) is 13.1. The van der Waals surface area contributed by atoms with Crippen molar-refractivity contribution < 1.29 is 9.59 Å². The van der Waals surface area contributed by atoms with Crippen LogP contribution in [0.2, 0.25) is 0 Å². The van der Waals surface area contributed by atoms with Gasteiger partial charge in [-0.3, -0.25) is 14.5 Å². The predicted molar refractivity (Wildman–Crippen MR) is 102 cm³/mol. The van der Waals surface area contributed by atoms with Crippen LogP contribution in [0.15, 0.2) is 24.3 Å². The molecule has 1 aliphatic heterocycles. The lowest BCUT2D eigenvalue weighted by molar-refractivity contribution is -0.121. The first-order chi connectivity index (χ1) is 11.9. The average Bonchev–Trinajstić information content (AvgIpc) is 2.60. The molecule has 5 nitrogen and oxygen atoms in total. The zero-order chi connectivity index (χ0) is 18.4. The van der Waals surface area contributed by atoms with E-state index in [0.717, 1.165) is 44.3 Å². The molecule has 0 radical (unpaired) electrons. The molecule has 5 heteroatoms. The fourth-order valence-corrected chi connectivity index (χ4v) is 3.02. The molecule has 25 heavy (non-hydrogen) atoms. The van der Waals surface area contributed by atoms with Crippen LogP contribution in [0.25, 0.3) is 0 Å². The zero-order valence-electron chi connectivity index (χ0n) is 15.9. The molecule has 1 aliphatic rings. The van der Waals surface area contributed by atoms with Crippen molar-refractivity contribution in [2.24, 2.45) is 5.92 Å². The molecule has 1 amide bonds. The predicted octanol–water partition coefficient (Wildman–Crippen LogP) is 2.88. The fourth-order valence-electron chi connectivity index (χ4n) is 3.02. The Hall–Kier alpha value is -1.72. The van der Waals surface area contributed by atoms with E-state index >= 15 is 0 Å². The maximum atomic E-state index is 12.5. The topological polar surface area (TPSA) is 52.7 Å². The SMILES string of the molecule is CC(=O)c1ccc(NC(=O)C(C)N2CCN(CCC(C)C)CC2)cc1. The Kier molecular flexibility index (Phi) is 7.14. The van der Waals surface area contributed by atoms with E-state index in [-0.39, 0.29) is 17.7 Å². The van der Waals surface area contributed by atoms with E-state index in [1.165, 1.54) is 13.3 Å². The van der Waals surface area contributed by atoms with Crippen LogP contribution in [0.3, 0.4) is 0 Å². The molecule has 1 fully saturated rings. The standard InChI is InChI=1S/C20H31N3O2/c1-15(2)9-10-22-11-13-23(14-12-22)16(3)20(25)21-19-7-5-18(6-8-19)17(4)24/h5-8,15-16H,9-14H2,1-4H3,(H,21,25). The van der Waals surface area contributed by atoms with Crippen LogP contribution < -0.4 is 5.32 Å². The summed E-state index contributed by atoms with van der Waals surface area (Å²) in [4.78, 5) is 28.5.